The molecule has 6 aromatic carbocycles. The maximum Gasteiger partial charge on any atom is 0.224 e. The van der Waals surface area contributed by atoms with Crippen LogP contribution in [0.4, 0.5) is 0 Å². The van der Waals surface area contributed by atoms with Crippen LogP contribution < -0.4 is 0 Å². The lowest BCUT2D eigenvalue weighted by molar-refractivity contribution is 1.18. The molecule has 10 aromatic rings. The van der Waals surface area contributed by atoms with Crippen molar-refractivity contribution in [2.24, 2.45) is 0 Å². The number of thiophene rings is 2. The highest BCUT2D eigenvalue weighted by Crippen LogP contribution is 2.48. The molecule has 44 heavy (non-hydrogen) atoms. The van der Waals surface area contributed by atoms with Crippen molar-refractivity contribution < 1.29 is 0 Å². The largest absolute Gasteiger partial charge is 0.309 e. The lowest BCUT2D eigenvalue weighted by Crippen LogP contribution is -1.95. The molecule has 0 aliphatic rings. The molecule has 0 amide bonds. The van der Waals surface area contributed by atoms with Gasteiger partial charge in [-0.05, 0) is 47.3 Å². The first-order chi connectivity index (χ1) is 21.7. The topological polar surface area (TPSA) is 30.7 Å². The molecule has 0 aliphatic carbocycles. The van der Waals surface area contributed by atoms with Crippen LogP contribution in [-0.2, 0) is 0 Å². The van der Waals surface area contributed by atoms with E-state index in [1.54, 1.807) is 11.3 Å². The first-order valence-corrected chi connectivity index (χ1v) is 16.5. The van der Waals surface area contributed by atoms with Gasteiger partial charge in [0.15, 0.2) is 0 Å². The number of hydrogen-bond donors (Lipinski definition) is 0. The van der Waals surface area contributed by atoms with Gasteiger partial charge in [0.25, 0.3) is 0 Å². The Bertz CT molecular complexity index is 2790. The molecule has 0 bridgehead atoms. The minimum atomic E-state index is 0.268. The Kier molecular flexibility index (Phi) is 5.09. The van der Waals surface area contributed by atoms with Crippen molar-refractivity contribution in [3.8, 4) is 16.9 Å². The van der Waals surface area contributed by atoms with Crippen LogP contribution in [0.15, 0.2) is 121 Å². The van der Waals surface area contributed by atoms with Gasteiger partial charge >= 0.3 is 0 Å². The Balaban J connectivity index is 1.30. The average molecular weight is 618 g/mol. The average Bonchev–Trinajstić information content (AvgIpc) is 3.74. The highest BCUT2D eigenvalue weighted by molar-refractivity contribution is 7.27. The second-order valence-corrected chi connectivity index (χ2v) is 13.5. The standard InChI is InChI=1S/C38H20ClN3S2/c39-38-40-34(32-26-12-4-8-16-30(26)44-37(32)41-38)21-17-19-22(20-18-21)42-28-14-6-3-11-25(28)31-23-9-1-2-10-24(23)36-33(35(31)42)27-13-5-7-15-29(27)43-36/h1-20H. The molecule has 4 heterocycles. The quantitative estimate of drug-likeness (QED) is 0.181. The zero-order chi connectivity index (χ0) is 28.9. The second kappa shape index (κ2) is 9.10. The highest BCUT2D eigenvalue weighted by atomic mass is 35.5. The van der Waals surface area contributed by atoms with E-state index in [0.29, 0.717) is 0 Å². The maximum atomic E-state index is 6.47. The molecular weight excluding hydrogens is 598 g/mol. The van der Waals surface area contributed by atoms with E-state index in [1.165, 1.54) is 57.5 Å². The van der Waals surface area contributed by atoms with Crippen molar-refractivity contribution in [3.05, 3.63) is 127 Å². The lowest BCUT2D eigenvalue weighted by Gasteiger charge is -2.12. The predicted molar refractivity (Wildman–Crippen MR) is 190 cm³/mol. The summed E-state index contributed by atoms with van der Waals surface area (Å²) in [6.45, 7) is 0. The molecule has 4 aromatic heterocycles. The third-order valence-corrected chi connectivity index (χ3v) is 11.2. The van der Waals surface area contributed by atoms with Gasteiger partial charge in [0, 0.05) is 63.1 Å². The van der Waals surface area contributed by atoms with E-state index in [0.717, 1.165) is 32.5 Å². The molecule has 10 rings (SSSR count). The summed E-state index contributed by atoms with van der Waals surface area (Å²) in [5.74, 6) is 0. The normalized spacial score (nSPS) is 12.2. The van der Waals surface area contributed by atoms with Gasteiger partial charge in [-0.15, -0.1) is 22.7 Å². The fraction of sp³-hybridized carbons (Fsp3) is 0. The van der Waals surface area contributed by atoms with E-state index >= 15 is 0 Å². The van der Waals surface area contributed by atoms with Crippen molar-refractivity contribution in [3.63, 3.8) is 0 Å². The van der Waals surface area contributed by atoms with Gasteiger partial charge in [-0.25, -0.2) is 9.97 Å². The molecule has 3 nitrogen and oxygen atoms in total. The molecule has 0 fully saturated rings. The highest BCUT2D eigenvalue weighted by Gasteiger charge is 2.22. The van der Waals surface area contributed by atoms with Crippen molar-refractivity contribution in [2.45, 2.75) is 0 Å². The van der Waals surface area contributed by atoms with Crippen LogP contribution in [0.1, 0.15) is 0 Å². The Morgan fingerprint density at radius 2 is 1.14 bits per heavy atom. The van der Waals surface area contributed by atoms with E-state index in [9.17, 15) is 0 Å². The van der Waals surface area contributed by atoms with Gasteiger partial charge in [-0.2, -0.15) is 0 Å². The molecule has 0 radical (unpaired) electrons. The number of aromatic nitrogens is 3. The van der Waals surface area contributed by atoms with Crippen LogP contribution in [0, 0.1) is 0 Å². The van der Waals surface area contributed by atoms with Crippen LogP contribution in [0.5, 0.6) is 0 Å². The minimum Gasteiger partial charge on any atom is -0.309 e. The SMILES string of the molecule is Clc1nc(-c2ccc(-n3c4ccccc4c4c5ccccc5c5sc6ccccc6c5c43)cc2)c2c(n1)sc1ccccc12. The summed E-state index contributed by atoms with van der Waals surface area (Å²) < 4.78 is 6.27. The Morgan fingerprint density at radius 3 is 1.91 bits per heavy atom. The predicted octanol–water partition coefficient (Wildman–Crippen LogP) is 11.8. The van der Waals surface area contributed by atoms with E-state index in [2.05, 4.69) is 131 Å². The third kappa shape index (κ3) is 3.32. The summed E-state index contributed by atoms with van der Waals surface area (Å²) in [5, 5.41) is 10.2. The summed E-state index contributed by atoms with van der Waals surface area (Å²) in [6, 6.07) is 43.6. The Hall–Kier alpha value is -4.81. The third-order valence-electron chi connectivity index (χ3n) is 8.76. The van der Waals surface area contributed by atoms with E-state index in [-0.39, 0.29) is 5.28 Å². The van der Waals surface area contributed by atoms with Crippen LogP contribution >= 0.6 is 34.3 Å². The summed E-state index contributed by atoms with van der Waals surface area (Å²) in [4.78, 5) is 10.2. The molecule has 0 N–H and O–H groups in total. The minimum absolute atomic E-state index is 0.268. The van der Waals surface area contributed by atoms with Crippen LogP contribution in [0.3, 0.4) is 0 Å². The summed E-state index contributed by atoms with van der Waals surface area (Å²) in [5.41, 5.74) is 5.44. The van der Waals surface area contributed by atoms with Crippen LogP contribution in [0.25, 0.3) is 90.0 Å². The lowest BCUT2D eigenvalue weighted by atomic mass is 10.00. The number of benzene rings is 6. The zero-order valence-electron chi connectivity index (χ0n) is 23.1. The molecule has 0 saturated carbocycles. The molecule has 6 heteroatoms. The molecular formula is C38H20ClN3S2. The van der Waals surface area contributed by atoms with Gasteiger partial charge in [0.05, 0.1) is 16.7 Å². The first-order valence-electron chi connectivity index (χ1n) is 14.5. The molecule has 0 saturated heterocycles. The van der Waals surface area contributed by atoms with Crippen molar-refractivity contribution in [1.82, 2.24) is 14.5 Å². The summed E-state index contributed by atoms with van der Waals surface area (Å²) in [7, 11) is 0. The number of halogens is 1. The molecule has 206 valence electrons. The van der Waals surface area contributed by atoms with Gasteiger partial charge in [-0.1, -0.05) is 91.0 Å². The number of para-hydroxylation sites is 1. The van der Waals surface area contributed by atoms with Gasteiger partial charge < -0.3 is 4.57 Å². The summed E-state index contributed by atoms with van der Waals surface area (Å²) in [6.07, 6.45) is 0. The molecule has 0 aliphatic heterocycles. The number of nitrogens with zero attached hydrogens (tertiary/aromatic N) is 3. The Morgan fingerprint density at radius 1 is 0.523 bits per heavy atom. The Labute approximate surface area is 264 Å². The van der Waals surface area contributed by atoms with Gasteiger partial charge in [0.1, 0.15) is 4.83 Å². The molecule has 0 spiro atoms. The zero-order valence-corrected chi connectivity index (χ0v) is 25.5. The van der Waals surface area contributed by atoms with Crippen molar-refractivity contribution >= 4 is 107 Å². The number of hydrogen-bond acceptors (Lipinski definition) is 4. The van der Waals surface area contributed by atoms with Gasteiger partial charge in [-0.3, -0.25) is 0 Å². The van der Waals surface area contributed by atoms with Crippen molar-refractivity contribution in [1.29, 1.82) is 0 Å². The first kappa shape index (κ1) is 24.6. The maximum absolute atomic E-state index is 6.47. The van der Waals surface area contributed by atoms with Crippen molar-refractivity contribution in [2.75, 3.05) is 0 Å². The van der Waals surface area contributed by atoms with E-state index in [1.807, 2.05) is 11.3 Å². The molecule has 0 unspecified atom stereocenters. The van der Waals surface area contributed by atoms with Crippen LogP contribution in [0.2, 0.25) is 5.28 Å². The number of rotatable bonds is 2. The monoisotopic (exact) mass is 617 g/mol. The van der Waals surface area contributed by atoms with E-state index < -0.39 is 0 Å². The summed E-state index contributed by atoms with van der Waals surface area (Å²) >= 11 is 10.0. The number of fused-ring (bicyclic) bond motifs is 13. The van der Waals surface area contributed by atoms with Crippen LogP contribution in [-0.4, -0.2) is 14.5 Å². The smallest absolute Gasteiger partial charge is 0.224 e. The van der Waals surface area contributed by atoms with Gasteiger partial charge in [0.2, 0.25) is 5.28 Å². The fourth-order valence-corrected chi connectivity index (χ4v) is 9.50. The second-order valence-electron chi connectivity index (χ2n) is 11.1. The fourth-order valence-electron chi connectivity index (χ4n) is 6.96. The van der Waals surface area contributed by atoms with E-state index in [4.69, 9.17) is 16.6 Å². The molecule has 0 atom stereocenters.